The van der Waals surface area contributed by atoms with E-state index in [2.05, 4.69) is 0 Å². The number of aliphatic hydroxyl groups is 1. The summed E-state index contributed by atoms with van der Waals surface area (Å²) in [7, 11) is 0. The second-order valence-electron chi connectivity index (χ2n) is 4.73. The van der Waals surface area contributed by atoms with Gasteiger partial charge in [-0.05, 0) is 43.4 Å². The van der Waals surface area contributed by atoms with Crippen LogP contribution in [0.15, 0.2) is 33.5 Å². The van der Waals surface area contributed by atoms with Gasteiger partial charge in [-0.2, -0.15) is 0 Å². The zero-order valence-corrected chi connectivity index (χ0v) is 11.7. The van der Waals surface area contributed by atoms with Crippen molar-refractivity contribution in [3.63, 3.8) is 0 Å². The molecule has 0 radical (unpaired) electrons. The molecule has 1 heterocycles. The molecular weight excluding hydrogens is 256 g/mol. The van der Waals surface area contributed by atoms with E-state index >= 15 is 0 Å². The second kappa shape index (κ2) is 7.10. The van der Waals surface area contributed by atoms with Crippen LogP contribution in [0.25, 0.3) is 11.0 Å². The maximum atomic E-state index is 11.5. The highest BCUT2D eigenvalue weighted by Crippen LogP contribution is 2.23. The third kappa shape index (κ3) is 3.61. The van der Waals surface area contributed by atoms with Gasteiger partial charge in [0.05, 0.1) is 6.61 Å². The molecule has 0 aliphatic carbocycles. The largest absolute Gasteiger partial charge is 0.493 e. The highest BCUT2D eigenvalue weighted by atomic mass is 16.5. The molecular formula is C16H20O4. The van der Waals surface area contributed by atoms with Gasteiger partial charge in [0, 0.05) is 24.1 Å². The molecule has 0 spiro atoms. The molecule has 4 nitrogen and oxygen atoms in total. The van der Waals surface area contributed by atoms with Crippen LogP contribution in [0.3, 0.4) is 0 Å². The van der Waals surface area contributed by atoms with E-state index in [1.165, 1.54) is 6.07 Å². The van der Waals surface area contributed by atoms with Crippen molar-refractivity contribution in [2.24, 2.45) is 0 Å². The van der Waals surface area contributed by atoms with Crippen LogP contribution in [0.2, 0.25) is 0 Å². The normalized spacial score (nSPS) is 10.9. The predicted molar refractivity (Wildman–Crippen MR) is 78.3 cm³/mol. The average Bonchev–Trinajstić information content (AvgIpc) is 2.45. The van der Waals surface area contributed by atoms with Gasteiger partial charge in [-0.25, -0.2) is 4.79 Å². The molecule has 0 amide bonds. The van der Waals surface area contributed by atoms with Gasteiger partial charge in [-0.15, -0.1) is 0 Å². The molecule has 0 fully saturated rings. The van der Waals surface area contributed by atoms with Crippen molar-refractivity contribution in [1.82, 2.24) is 0 Å². The molecule has 1 aromatic carbocycles. The lowest BCUT2D eigenvalue weighted by atomic mass is 10.1. The van der Waals surface area contributed by atoms with E-state index < -0.39 is 0 Å². The fourth-order valence-corrected chi connectivity index (χ4v) is 2.17. The lowest BCUT2D eigenvalue weighted by Crippen LogP contribution is -2.01. The second-order valence-corrected chi connectivity index (χ2v) is 4.73. The summed E-state index contributed by atoms with van der Waals surface area (Å²) in [6.45, 7) is 2.84. The standard InChI is InChI=1S/C16H20O4/c1-2-12-10-16(18)20-15-11-13(6-7-14(12)15)19-9-5-3-4-8-17/h6-7,10-11,17H,2-5,8-9H2,1H3. The monoisotopic (exact) mass is 276 g/mol. The van der Waals surface area contributed by atoms with Gasteiger partial charge < -0.3 is 14.3 Å². The average molecular weight is 276 g/mol. The highest BCUT2D eigenvalue weighted by molar-refractivity contribution is 5.81. The first-order valence-electron chi connectivity index (χ1n) is 7.05. The minimum atomic E-state index is -0.325. The van der Waals surface area contributed by atoms with Crippen LogP contribution in [0.1, 0.15) is 31.7 Å². The smallest absolute Gasteiger partial charge is 0.336 e. The van der Waals surface area contributed by atoms with Crippen molar-refractivity contribution in [1.29, 1.82) is 0 Å². The fraction of sp³-hybridized carbons (Fsp3) is 0.438. The van der Waals surface area contributed by atoms with Gasteiger partial charge in [0.15, 0.2) is 0 Å². The van der Waals surface area contributed by atoms with Crippen molar-refractivity contribution in [2.45, 2.75) is 32.6 Å². The van der Waals surface area contributed by atoms with E-state index in [1.54, 1.807) is 6.07 Å². The molecule has 20 heavy (non-hydrogen) atoms. The number of hydrogen-bond donors (Lipinski definition) is 1. The van der Waals surface area contributed by atoms with Gasteiger partial charge in [-0.3, -0.25) is 0 Å². The third-order valence-corrected chi connectivity index (χ3v) is 3.25. The van der Waals surface area contributed by atoms with Crippen molar-refractivity contribution in [2.75, 3.05) is 13.2 Å². The minimum absolute atomic E-state index is 0.223. The van der Waals surface area contributed by atoms with Gasteiger partial charge in [0.25, 0.3) is 0 Å². The summed E-state index contributed by atoms with van der Waals surface area (Å²) in [5.74, 6) is 0.706. The lowest BCUT2D eigenvalue weighted by molar-refractivity contribution is 0.266. The SMILES string of the molecule is CCc1cc(=O)oc2cc(OCCCCCO)ccc12. The Morgan fingerprint density at radius 2 is 2.05 bits per heavy atom. The first-order chi connectivity index (χ1) is 9.74. The molecule has 0 aliphatic rings. The number of aliphatic hydroxyl groups excluding tert-OH is 1. The Balaban J connectivity index is 2.11. The van der Waals surface area contributed by atoms with Crippen LogP contribution in [-0.2, 0) is 6.42 Å². The summed E-state index contributed by atoms with van der Waals surface area (Å²) in [6.07, 6.45) is 3.44. The molecule has 1 N–H and O–H groups in total. The number of unbranched alkanes of at least 4 members (excludes halogenated alkanes) is 2. The molecule has 0 bridgehead atoms. The van der Waals surface area contributed by atoms with Gasteiger partial charge in [0.2, 0.25) is 0 Å². The molecule has 0 saturated heterocycles. The Morgan fingerprint density at radius 3 is 2.80 bits per heavy atom. The summed E-state index contributed by atoms with van der Waals surface area (Å²) < 4.78 is 10.9. The van der Waals surface area contributed by atoms with E-state index in [-0.39, 0.29) is 12.2 Å². The zero-order valence-electron chi connectivity index (χ0n) is 11.7. The zero-order chi connectivity index (χ0) is 14.4. The van der Waals surface area contributed by atoms with E-state index in [1.807, 2.05) is 19.1 Å². The van der Waals surface area contributed by atoms with Crippen molar-refractivity contribution in [3.8, 4) is 5.75 Å². The molecule has 4 heteroatoms. The summed E-state index contributed by atoms with van der Waals surface area (Å²) in [4.78, 5) is 11.5. The quantitative estimate of drug-likeness (QED) is 0.624. The van der Waals surface area contributed by atoms with Crippen LogP contribution in [0.4, 0.5) is 0 Å². The fourth-order valence-electron chi connectivity index (χ4n) is 2.17. The van der Waals surface area contributed by atoms with Crippen LogP contribution < -0.4 is 10.4 Å². The van der Waals surface area contributed by atoms with Crippen LogP contribution in [-0.4, -0.2) is 18.3 Å². The Morgan fingerprint density at radius 1 is 1.20 bits per heavy atom. The highest BCUT2D eigenvalue weighted by Gasteiger charge is 2.05. The van der Waals surface area contributed by atoms with E-state index in [0.717, 1.165) is 36.6 Å². The molecule has 1 aromatic heterocycles. The van der Waals surface area contributed by atoms with Gasteiger partial charge in [-0.1, -0.05) is 6.92 Å². The summed E-state index contributed by atoms with van der Waals surface area (Å²) in [5.41, 5.74) is 1.24. The number of rotatable bonds is 7. The number of ether oxygens (including phenoxy) is 1. The molecule has 0 atom stereocenters. The molecule has 108 valence electrons. The predicted octanol–water partition coefficient (Wildman–Crippen LogP) is 2.90. The van der Waals surface area contributed by atoms with E-state index in [9.17, 15) is 4.79 Å². The molecule has 0 aliphatic heterocycles. The maximum absolute atomic E-state index is 11.5. The third-order valence-electron chi connectivity index (χ3n) is 3.25. The molecule has 2 aromatic rings. The Kier molecular flexibility index (Phi) is 5.18. The first kappa shape index (κ1) is 14.6. The Hall–Kier alpha value is -1.81. The van der Waals surface area contributed by atoms with E-state index in [4.69, 9.17) is 14.3 Å². The Labute approximate surface area is 118 Å². The molecule has 0 saturated carbocycles. The first-order valence-corrected chi connectivity index (χ1v) is 7.05. The number of hydrogen-bond acceptors (Lipinski definition) is 4. The Bertz CT molecular complexity index is 615. The minimum Gasteiger partial charge on any atom is -0.493 e. The van der Waals surface area contributed by atoms with Crippen molar-refractivity contribution < 1.29 is 14.3 Å². The van der Waals surface area contributed by atoms with Crippen LogP contribution in [0, 0.1) is 0 Å². The molecule has 2 rings (SSSR count). The van der Waals surface area contributed by atoms with Crippen LogP contribution >= 0.6 is 0 Å². The number of aryl methyl sites for hydroxylation is 1. The van der Waals surface area contributed by atoms with Crippen molar-refractivity contribution >= 4 is 11.0 Å². The number of benzene rings is 1. The van der Waals surface area contributed by atoms with Gasteiger partial charge in [0.1, 0.15) is 11.3 Å². The lowest BCUT2D eigenvalue weighted by Gasteiger charge is -2.08. The molecule has 0 unspecified atom stereocenters. The summed E-state index contributed by atoms with van der Waals surface area (Å²) >= 11 is 0. The van der Waals surface area contributed by atoms with Crippen LogP contribution in [0.5, 0.6) is 5.75 Å². The van der Waals surface area contributed by atoms with E-state index in [0.29, 0.717) is 17.9 Å². The maximum Gasteiger partial charge on any atom is 0.336 e. The number of fused-ring (bicyclic) bond motifs is 1. The summed E-state index contributed by atoms with van der Waals surface area (Å²) in [5, 5.41) is 9.65. The van der Waals surface area contributed by atoms with Gasteiger partial charge >= 0.3 is 5.63 Å². The van der Waals surface area contributed by atoms with Crippen molar-refractivity contribution in [3.05, 3.63) is 40.2 Å². The topological polar surface area (TPSA) is 59.7 Å². The summed E-state index contributed by atoms with van der Waals surface area (Å²) in [6, 6.07) is 7.13.